The van der Waals surface area contributed by atoms with Gasteiger partial charge < -0.3 is 4.74 Å². The van der Waals surface area contributed by atoms with Gasteiger partial charge in [0.15, 0.2) is 0 Å². The molecule has 0 spiro atoms. The highest BCUT2D eigenvalue weighted by Gasteiger charge is 2.18. The fraction of sp³-hybridized carbons (Fsp3) is 0.562. The third-order valence-corrected chi connectivity index (χ3v) is 3.97. The van der Waals surface area contributed by atoms with Crippen molar-refractivity contribution in [2.24, 2.45) is 5.92 Å². The van der Waals surface area contributed by atoms with E-state index >= 15 is 0 Å². The van der Waals surface area contributed by atoms with E-state index in [9.17, 15) is 0 Å². The van der Waals surface area contributed by atoms with Crippen LogP contribution in [0.25, 0.3) is 0 Å². The van der Waals surface area contributed by atoms with Gasteiger partial charge in [0.2, 0.25) is 0 Å². The first-order valence-electron chi connectivity index (χ1n) is 7.06. The van der Waals surface area contributed by atoms with E-state index in [1.165, 1.54) is 37.9 Å². The average molecular weight is 258 g/mol. The van der Waals surface area contributed by atoms with Crippen molar-refractivity contribution < 1.29 is 4.74 Å². The Balaban J connectivity index is 2.05. The molecule has 0 saturated carbocycles. The number of rotatable bonds is 4. The Morgan fingerprint density at radius 1 is 1.47 bits per heavy atom. The molecule has 1 aromatic rings. The van der Waals surface area contributed by atoms with Gasteiger partial charge in [0, 0.05) is 13.1 Å². The fourth-order valence-corrected chi connectivity index (χ4v) is 2.81. The molecule has 1 atom stereocenters. The van der Waals surface area contributed by atoms with E-state index in [-0.39, 0.29) is 0 Å². The van der Waals surface area contributed by atoms with Gasteiger partial charge in [-0.15, -0.1) is 0 Å². The van der Waals surface area contributed by atoms with E-state index in [2.05, 4.69) is 17.9 Å². The topological polar surface area (TPSA) is 36.3 Å². The third-order valence-electron chi connectivity index (χ3n) is 3.97. The molecular weight excluding hydrogens is 236 g/mol. The summed E-state index contributed by atoms with van der Waals surface area (Å²) in [7, 11) is 1.62. The van der Waals surface area contributed by atoms with Gasteiger partial charge in [-0.2, -0.15) is 5.26 Å². The maximum Gasteiger partial charge on any atom is 0.136 e. The molecule has 1 saturated heterocycles. The van der Waals surface area contributed by atoms with Gasteiger partial charge in [-0.25, -0.2) is 0 Å². The normalized spacial score (nSPS) is 19.9. The molecule has 1 fully saturated rings. The van der Waals surface area contributed by atoms with Crippen LogP contribution in [0.15, 0.2) is 18.2 Å². The molecule has 2 rings (SSSR count). The van der Waals surface area contributed by atoms with E-state index in [1.54, 1.807) is 7.11 Å². The van der Waals surface area contributed by atoms with Crippen LogP contribution >= 0.6 is 0 Å². The Morgan fingerprint density at radius 3 is 3.00 bits per heavy atom. The van der Waals surface area contributed by atoms with Crippen molar-refractivity contribution in [3.63, 3.8) is 0 Å². The van der Waals surface area contributed by atoms with Crippen LogP contribution in [0.2, 0.25) is 0 Å². The zero-order valence-corrected chi connectivity index (χ0v) is 11.9. The molecule has 3 nitrogen and oxygen atoms in total. The van der Waals surface area contributed by atoms with Crippen LogP contribution in [0, 0.1) is 17.2 Å². The summed E-state index contributed by atoms with van der Waals surface area (Å²) in [6.07, 6.45) is 3.93. The van der Waals surface area contributed by atoms with Crippen molar-refractivity contribution in [1.29, 1.82) is 5.26 Å². The third kappa shape index (κ3) is 3.48. The fourth-order valence-electron chi connectivity index (χ4n) is 2.81. The quantitative estimate of drug-likeness (QED) is 0.832. The summed E-state index contributed by atoms with van der Waals surface area (Å²) in [6.45, 7) is 5.61. The van der Waals surface area contributed by atoms with Crippen LogP contribution in [-0.2, 0) is 6.54 Å². The largest absolute Gasteiger partial charge is 0.495 e. The predicted molar refractivity (Wildman–Crippen MR) is 76.0 cm³/mol. The van der Waals surface area contributed by atoms with Crippen molar-refractivity contribution in [3.8, 4) is 11.8 Å². The summed E-state index contributed by atoms with van der Waals surface area (Å²) < 4.78 is 5.27. The van der Waals surface area contributed by atoms with E-state index in [0.29, 0.717) is 11.3 Å². The average Bonchev–Trinajstić information content (AvgIpc) is 2.47. The first-order valence-corrected chi connectivity index (χ1v) is 7.06. The molecule has 0 aliphatic carbocycles. The van der Waals surface area contributed by atoms with E-state index in [4.69, 9.17) is 10.00 Å². The number of ether oxygens (including phenoxy) is 1. The maximum atomic E-state index is 8.99. The van der Waals surface area contributed by atoms with Crippen LogP contribution in [0.1, 0.15) is 37.3 Å². The zero-order valence-electron chi connectivity index (χ0n) is 11.9. The Hall–Kier alpha value is -1.53. The van der Waals surface area contributed by atoms with Crippen LogP contribution < -0.4 is 4.74 Å². The summed E-state index contributed by atoms with van der Waals surface area (Å²) >= 11 is 0. The summed E-state index contributed by atoms with van der Waals surface area (Å²) in [6, 6.07) is 8.04. The molecule has 0 aromatic heterocycles. The predicted octanol–water partition coefficient (Wildman–Crippen LogP) is 3.19. The van der Waals surface area contributed by atoms with Gasteiger partial charge in [-0.3, -0.25) is 4.90 Å². The number of nitriles is 1. The van der Waals surface area contributed by atoms with Gasteiger partial charge in [0.1, 0.15) is 11.8 Å². The molecule has 0 radical (unpaired) electrons. The number of methoxy groups -OCH3 is 1. The summed E-state index contributed by atoms with van der Waals surface area (Å²) in [5, 5.41) is 8.99. The van der Waals surface area contributed by atoms with Gasteiger partial charge >= 0.3 is 0 Å². The summed E-state index contributed by atoms with van der Waals surface area (Å²) in [4.78, 5) is 2.51. The molecular formula is C16H22N2O. The summed E-state index contributed by atoms with van der Waals surface area (Å²) in [5.74, 6) is 1.53. The van der Waals surface area contributed by atoms with Gasteiger partial charge in [0.25, 0.3) is 0 Å². The minimum Gasteiger partial charge on any atom is -0.495 e. The highest BCUT2D eigenvalue weighted by molar-refractivity contribution is 5.45. The molecule has 3 heteroatoms. The number of nitrogens with zero attached hydrogens (tertiary/aromatic N) is 2. The minimum atomic E-state index is 0.608. The molecule has 1 aliphatic heterocycles. The van der Waals surface area contributed by atoms with Crippen molar-refractivity contribution >= 4 is 0 Å². The second-order valence-electron chi connectivity index (χ2n) is 5.30. The van der Waals surface area contributed by atoms with Crippen LogP contribution in [0.3, 0.4) is 0 Å². The lowest BCUT2D eigenvalue weighted by Gasteiger charge is -2.32. The second kappa shape index (κ2) is 6.58. The zero-order chi connectivity index (χ0) is 13.7. The highest BCUT2D eigenvalue weighted by Crippen LogP contribution is 2.23. The SMILES string of the molecule is CCC1CCCN(Cc2ccc(C#N)c(OC)c2)C1. The standard InChI is InChI=1S/C16H22N2O/c1-3-13-5-4-8-18(11-13)12-14-6-7-15(10-17)16(9-14)19-2/h6-7,9,13H,3-5,8,11-12H2,1-2H3. The highest BCUT2D eigenvalue weighted by atomic mass is 16.5. The lowest BCUT2D eigenvalue weighted by atomic mass is 9.95. The molecule has 0 N–H and O–H groups in total. The molecule has 1 unspecified atom stereocenters. The molecule has 1 heterocycles. The van der Waals surface area contributed by atoms with Crippen molar-refractivity contribution in [1.82, 2.24) is 4.90 Å². The Bertz CT molecular complexity index is 464. The number of likely N-dealkylation sites (tertiary alicyclic amines) is 1. The molecule has 0 amide bonds. The Labute approximate surface area is 115 Å². The minimum absolute atomic E-state index is 0.608. The first kappa shape index (κ1) is 13.9. The number of piperidine rings is 1. The van der Waals surface area contributed by atoms with E-state index in [1.807, 2.05) is 18.2 Å². The molecule has 19 heavy (non-hydrogen) atoms. The Kier molecular flexibility index (Phi) is 4.81. The van der Waals surface area contributed by atoms with Gasteiger partial charge in [-0.05, 0) is 43.0 Å². The van der Waals surface area contributed by atoms with Crippen molar-refractivity contribution in [3.05, 3.63) is 29.3 Å². The van der Waals surface area contributed by atoms with E-state index in [0.717, 1.165) is 12.5 Å². The van der Waals surface area contributed by atoms with Crippen molar-refractivity contribution in [2.45, 2.75) is 32.7 Å². The molecule has 0 bridgehead atoms. The lowest BCUT2D eigenvalue weighted by molar-refractivity contribution is 0.164. The molecule has 1 aromatic carbocycles. The van der Waals surface area contributed by atoms with Crippen LogP contribution in [0.4, 0.5) is 0 Å². The van der Waals surface area contributed by atoms with Crippen LogP contribution in [-0.4, -0.2) is 25.1 Å². The number of benzene rings is 1. The lowest BCUT2D eigenvalue weighted by Crippen LogP contribution is -2.34. The van der Waals surface area contributed by atoms with Gasteiger partial charge in [0.05, 0.1) is 12.7 Å². The van der Waals surface area contributed by atoms with Gasteiger partial charge in [-0.1, -0.05) is 19.4 Å². The Morgan fingerprint density at radius 2 is 2.32 bits per heavy atom. The number of hydrogen-bond donors (Lipinski definition) is 0. The first-order chi connectivity index (χ1) is 9.26. The molecule has 102 valence electrons. The summed E-state index contributed by atoms with van der Waals surface area (Å²) in [5.41, 5.74) is 1.84. The van der Waals surface area contributed by atoms with Crippen LogP contribution in [0.5, 0.6) is 5.75 Å². The second-order valence-corrected chi connectivity index (χ2v) is 5.30. The maximum absolute atomic E-state index is 8.99. The van der Waals surface area contributed by atoms with Crippen molar-refractivity contribution in [2.75, 3.05) is 20.2 Å². The smallest absolute Gasteiger partial charge is 0.136 e. The monoisotopic (exact) mass is 258 g/mol. The molecule has 1 aliphatic rings. The van der Waals surface area contributed by atoms with E-state index < -0.39 is 0 Å². The number of hydrogen-bond acceptors (Lipinski definition) is 3.